The van der Waals surface area contributed by atoms with Gasteiger partial charge in [0.1, 0.15) is 12.1 Å². The molecule has 0 spiro atoms. The minimum atomic E-state index is -1.33. The van der Waals surface area contributed by atoms with E-state index in [0.29, 0.717) is 5.56 Å². The van der Waals surface area contributed by atoms with Gasteiger partial charge in [0.25, 0.3) is 0 Å². The molecule has 2 atom stereocenters. The summed E-state index contributed by atoms with van der Waals surface area (Å²) in [5, 5.41) is 22.1. The Kier molecular flexibility index (Phi) is 6.55. The monoisotopic (exact) mass is 308 g/mol. The van der Waals surface area contributed by atoms with Crippen molar-refractivity contribution in [2.24, 2.45) is 0 Å². The first-order chi connectivity index (χ1) is 10.4. The molecule has 0 fully saturated rings. The highest BCUT2D eigenvalue weighted by atomic mass is 16.4. The van der Waals surface area contributed by atoms with Crippen LogP contribution in [0.5, 0.6) is 0 Å². The van der Waals surface area contributed by atoms with E-state index in [1.165, 1.54) is 0 Å². The fraction of sp³-hybridized carbons (Fsp3) is 0.286. The number of benzene rings is 1. The standard InChI is InChI=1S/C14H16N2O6/c17-8-15-10(7-12(18)19)13(20)16-11(14(21)22)6-9-4-2-1-3-5-9/h1-5,8,10-11H,6-7H2,(H,15,17)(H,16,20)(H,18,19)(H,21,22)/t10-,11+/m0/s1. The van der Waals surface area contributed by atoms with E-state index >= 15 is 0 Å². The van der Waals surface area contributed by atoms with Crippen LogP contribution in [-0.2, 0) is 25.6 Å². The van der Waals surface area contributed by atoms with Crippen LogP contribution in [0.2, 0.25) is 0 Å². The van der Waals surface area contributed by atoms with Gasteiger partial charge >= 0.3 is 11.9 Å². The van der Waals surface area contributed by atoms with Gasteiger partial charge < -0.3 is 20.8 Å². The summed E-state index contributed by atoms with van der Waals surface area (Å²) in [6.07, 6.45) is -0.398. The van der Waals surface area contributed by atoms with Gasteiger partial charge in [-0.1, -0.05) is 30.3 Å². The maximum Gasteiger partial charge on any atom is 0.326 e. The van der Waals surface area contributed by atoms with Crippen LogP contribution in [-0.4, -0.2) is 46.6 Å². The SMILES string of the molecule is O=CN[C@@H](CC(=O)O)C(=O)N[C@H](Cc1ccccc1)C(=O)O. The number of carboxylic acid groups (broad SMARTS) is 2. The lowest BCUT2D eigenvalue weighted by Crippen LogP contribution is -2.51. The highest BCUT2D eigenvalue weighted by molar-refractivity contribution is 5.90. The van der Waals surface area contributed by atoms with Crippen LogP contribution in [0, 0.1) is 0 Å². The van der Waals surface area contributed by atoms with Gasteiger partial charge in [-0.05, 0) is 5.56 Å². The van der Waals surface area contributed by atoms with Crippen LogP contribution in [0.4, 0.5) is 0 Å². The molecule has 0 bridgehead atoms. The molecule has 1 rings (SSSR count). The summed E-state index contributed by atoms with van der Waals surface area (Å²) in [6.45, 7) is 0. The molecule has 0 radical (unpaired) electrons. The van der Waals surface area contributed by atoms with Gasteiger partial charge in [-0.3, -0.25) is 14.4 Å². The summed E-state index contributed by atoms with van der Waals surface area (Å²) in [4.78, 5) is 44.2. The number of amides is 2. The first kappa shape index (κ1) is 17.2. The molecule has 4 N–H and O–H groups in total. The van der Waals surface area contributed by atoms with Crippen LogP contribution >= 0.6 is 0 Å². The minimum Gasteiger partial charge on any atom is -0.481 e. The molecule has 1 aromatic carbocycles. The number of carboxylic acids is 2. The van der Waals surface area contributed by atoms with Gasteiger partial charge in [-0.15, -0.1) is 0 Å². The first-order valence-electron chi connectivity index (χ1n) is 6.42. The maximum absolute atomic E-state index is 11.9. The Bertz CT molecular complexity index is 546. The molecule has 1 aromatic rings. The van der Waals surface area contributed by atoms with Gasteiger partial charge in [-0.25, -0.2) is 4.79 Å². The van der Waals surface area contributed by atoms with E-state index in [1.807, 2.05) is 0 Å². The second kappa shape index (κ2) is 8.40. The Morgan fingerprint density at radius 2 is 1.73 bits per heavy atom. The Labute approximate surface area is 126 Å². The summed E-state index contributed by atoms with van der Waals surface area (Å²) in [5.74, 6) is -3.40. The molecule has 118 valence electrons. The van der Waals surface area contributed by atoms with E-state index in [-0.39, 0.29) is 12.8 Å². The molecule has 22 heavy (non-hydrogen) atoms. The number of rotatable bonds is 9. The summed E-state index contributed by atoms with van der Waals surface area (Å²) in [5.41, 5.74) is 0.702. The van der Waals surface area contributed by atoms with E-state index in [4.69, 9.17) is 10.2 Å². The topological polar surface area (TPSA) is 133 Å². The number of aliphatic carboxylic acids is 2. The number of hydrogen-bond acceptors (Lipinski definition) is 4. The number of nitrogens with one attached hydrogen (secondary N) is 2. The van der Waals surface area contributed by atoms with Crippen LogP contribution in [0.15, 0.2) is 30.3 Å². The second-order valence-electron chi connectivity index (χ2n) is 4.52. The van der Waals surface area contributed by atoms with Crippen molar-refractivity contribution in [1.29, 1.82) is 0 Å². The lowest BCUT2D eigenvalue weighted by Gasteiger charge is -2.19. The van der Waals surface area contributed by atoms with Crippen molar-refractivity contribution in [2.45, 2.75) is 24.9 Å². The lowest BCUT2D eigenvalue weighted by atomic mass is 10.1. The van der Waals surface area contributed by atoms with Crippen molar-refractivity contribution >= 4 is 24.3 Å². The Balaban J connectivity index is 2.76. The van der Waals surface area contributed by atoms with Gasteiger partial charge in [-0.2, -0.15) is 0 Å². The fourth-order valence-electron chi connectivity index (χ4n) is 1.81. The molecule has 0 saturated carbocycles. The lowest BCUT2D eigenvalue weighted by molar-refractivity contribution is -0.143. The van der Waals surface area contributed by atoms with Gasteiger partial charge in [0.05, 0.1) is 6.42 Å². The van der Waals surface area contributed by atoms with Crippen molar-refractivity contribution in [1.82, 2.24) is 10.6 Å². The first-order valence-corrected chi connectivity index (χ1v) is 6.42. The van der Waals surface area contributed by atoms with Crippen LogP contribution in [0.25, 0.3) is 0 Å². The molecule has 0 unspecified atom stereocenters. The van der Waals surface area contributed by atoms with E-state index in [9.17, 15) is 19.2 Å². The molecular weight excluding hydrogens is 292 g/mol. The average Bonchev–Trinajstić information content (AvgIpc) is 2.46. The highest BCUT2D eigenvalue weighted by Crippen LogP contribution is 2.04. The zero-order chi connectivity index (χ0) is 16.5. The Morgan fingerprint density at radius 3 is 2.23 bits per heavy atom. The van der Waals surface area contributed by atoms with E-state index in [0.717, 1.165) is 0 Å². The molecule has 0 saturated heterocycles. The van der Waals surface area contributed by atoms with Gasteiger partial charge in [0, 0.05) is 6.42 Å². The van der Waals surface area contributed by atoms with Crippen molar-refractivity contribution in [3.8, 4) is 0 Å². The third-order valence-corrected chi connectivity index (χ3v) is 2.86. The molecule has 0 aliphatic heterocycles. The number of hydrogen-bond donors (Lipinski definition) is 4. The summed E-state index contributed by atoms with van der Waals surface area (Å²) >= 11 is 0. The van der Waals surface area contributed by atoms with Crippen molar-refractivity contribution in [3.63, 3.8) is 0 Å². The van der Waals surface area contributed by atoms with Crippen molar-refractivity contribution in [2.75, 3.05) is 0 Å². The van der Waals surface area contributed by atoms with Crippen LogP contribution in [0.1, 0.15) is 12.0 Å². The van der Waals surface area contributed by atoms with E-state index in [1.54, 1.807) is 30.3 Å². The number of carbonyl (C=O) groups excluding carboxylic acids is 2. The predicted octanol–water partition coefficient (Wildman–Crippen LogP) is -0.612. The van der Waals surface area contributed by atoms with Gasteiger partial charge in [0.2, 0.25) is 12.3 Å². The second-order valence-corrected chi connectivity index (χ2v) is 4.52. The summed E-state index contributed by atoms with van der Waals surface area (Å²) in [6, 6.07) is 6.11. The van der Waals surface area contributed by atoms with Crippen molar-refractivity contribution in [3.05, 3.63) is 35.9 Å². The predicted molar refractivity (Wildman–Crippen MR) is 75.0 cm³/mol. The third kappa shape index (κ3) is 5.61. The smallest absolute Gasteiger partial charge is 0.326 e. The van der Waals surface area contributed by atoms with E-state index < -0.39 is 36.4 Å². The maximum atomic E-state index is 11.9. The Hall–Kier alpha value is -2.90. The minimum absolute atomic E-state index is 0.0444. The fourth-order valence-corrected chi connectivity index (χ4v) is 1.81. The molecule has 2 amide bonds. The summed E-state index contributed by atoms with van der Waals surface area (Å²) < 4.78 is 0. The zero-order valence-corrected chi connectivity index (χ0v) is 11.6. The quantitative estimate of drug-likeness (QED) is 0.450. The van der Waals surface area contributed by atoms with Gasteiger partial charge in [0.15, 0.2) is 0 Å². The molecule has 0 aliphatic rings. The molecule has 8 heteroatoms. The number of carbonyl (C=O) groups is 4. The summed E-state index contributed by atoms with van der Waals surface area (Å²) in [7, 11) is 0. The third-order valence-electron chi connectivity index (χ3n) is 2.86. The van der Waals surface area contributed by atoms with Crippen molar-refractivity contribution < 1.29 is 29.4 Å². The van der Waals surface area contributed by atoms with Crippen LogP contribution < -0.4 is 10.6 Å². The Morgan fingerprint density at radius 1 is 1.09 bits per heavy atom. The normalized spacial score (nSPS) is 12.7. The highest BCUT2D eigenvalue weighted by Gasteiger charge is 2.26. The van der Waals surface area contributed by atoms with Crippen LogP contribution in [0.3, 0.4) is 0 Å². The average molecular weight is 308 g/mol. The molecular formula is C14H16N2O6. The zero-order valence-electron chi connectivity index (χ0n) is 11.6. The molecule has 0 heterocycles. The molecule has 0 aliphatic carbocycles. The molecule has 0 aromatic heterocycles. The largest absolute Gasteiger partial charge is 0.481 e. The molecule has 8 nitrogen and oxygen atoms in total. The van der Waals surface area contributed by atoms with E-state index in [2.05, 4.69) is 10.6 Å².